The molecule has 3 N–H and O–H groups in total. The summed E-state index contributed by atoms with van der Waals surface area (Å²) in [6, 6.07) is 20.8. The standard InChI is InChI=1S/C23H30N4O/c1-2-24-22(27-18-23(14-15-23)20-11-7-4-8-12-20)26-17-21(28)25-16-13-19-9-5-3-6-10-19/h3-12H,2,13-18H2,1H3,(H,25,28)(H2,24,26,27). The summed E-state index contributed by atoms with van der Waals surface area (Å²) >= 11 is 0. The van der Waals surface area contributed by atoms with E-state index >= 15 is 0 Å². The zero-order valence-corrected chi connectivity index (χ0v) is 16.6. The van der Waals surface area contributed by atoms with Gasteiger partial charge in [-0.3, -0.25) is 4.79 Å². The zero-order valence-electron chi connectivity index (χ0n) is 16.6. The van der Waals surface area contributed by atoms with Crippen LogP contribution in [0.4, 0.5) is 0 Å². The number of amides is 1. The summed E-state index contributed by atoms with van der Waals surface area (Å²) in [5.41, 5.74) is 2.80. The number of hydrogen-bond donors (Lipinski definition) is 3. The van der Waals surface area contributed by atoms with E-state index in [1.54, 1.807) is 0 Å². The molecule has 0 radical (unpaired) electrons. The van der Waals surface area contributed by atoms with Crippen LogP contribution in [-0.2, 0) is 16.6 Å². The molecule has 1 aliphatic carbocycles. The molecule has 5 nitrogen and oxygen atoms in total. The van der Waals surface area contributed by atoms with Gasteiger partial charge in [-0.25, -0.2) is 4.99 Å². The van der Waals surface area contributed by atoms with E-state index < -0.39 is 0 Å². The number of carbonyl (C=O) groups is 1. The van der Waals surface area contributed by atoms with Crippen molar-refractivity contribution >= 4 is 11.9 Å². The largest absolute Gasteiger partial charge is 0.357 e. The van der Waals surface area contributed by atoms with Gasteiger partial charge in [0.25, 0.3) is 0 Å². The first-order valence-electron chi connectivity index (χ1n) is 10.1. The molecule has 148 valence electrons. The second-order valence-electron chi connectivity index (χ2n) is 7.28. The average molecular weight is 379 g/mol. The SMILES string of the molecule is CCNC(=NCC(=O)NCCc1ccccc1)NCC1(c2ccccc2)CC1. The molecule has 2 aromatic carbocycles. The van der Waals surface area contributed by atoms with Crippen molar-refractivity contribution in [1.29, 1.82) is 0 Å². The van der Waals surface area contributed by atoms with Gasteiger partial charge in [-0.05, 0) is 37.3 Å². The van der Waals surface area contributed by atoms with Crippen LogP contribution in [0.2, 0.25) is 0 Å². The quantitative estimate of drug-likeness (QED) is 0.464. The fourth-order valence-electron chi connectivity index (χ4n) is 3.30. The number of benzene rings is 2. The Labute approximate surface area is 167 Å². The fourth-order valence-corrected chi connectivity index (χ4v) is 3.30. The molecular formula is C23H30N4O. The smallest absolute Gasteiger partial charge is 0.241 e. The average Bonchev–Trinajstić information content (AvgIpc) is 3.53. The van der Waals surface area contributed by atoms with Crippen molar-refractivity contribution in [2.24, 2.45) is 4.99 Å². The van der Waals surface area contributed by atoms with Crippen LogP contribution in [0.1, 0.15) is 30.9 Å². The predicted octanol–water partition coefficient (Wildman–Crippen LogP) is 2.63. The van der Waals surface area contributed by atoms with Crippen molar-refractivity contribution in [2.75, 3.05) is 26.2 Å². The Morgan fingerprint density at radius 3 is 2.29 bits per heavy atom. The maximum absolute atomic E-state index is 12.1. The number of nitrogens with zero attached hydrogens (tertiary/aromatic N) is 1. The summed E-state index contributed by atoms with van der Waals surface area (Å²) in [6.07, 6.45) is 3.20. The number of hydrogen-bond acceptors (Lipinski definition) is 2. The molecule has 0 spiro atoms. The van der Waals surface area contributed by atoms with E-state index in [0.29, 0.717) is 12.5 Å². The Bertz CT molecular complexity index is 770. The normalized spacial score (nSPS) is 15.0. The summed E-state index contributed by atoms with van der Waals surface area (Å²) in [6.45, 7) is 4.38. The second-order valence-corrected chi connectivity index (χ2v) is 7.28. The van der Waals surface area contributed by atoms with Crippen LogP contribution < -0.4 is 16.0 Å². The highest BCUT2D eigenvalue weighted by Crippen LogP contribution is 2.47. The van der Waals surface area contributed by atoms with Crippen LogP contribution in [0.3, 0.4) is 0 Å². The van der Waals surface area contributed by atoms with Crippen molar-refractivity contribution in [3.05, 3.63) is 71.8 Å². The lowest BCUT2D eigenvalue weighted by atomic mass is 9.96. The lowest BCUT2D eigenvalue weighted by molar-refractivity contribution is -0.119. The monoisotopic (exact) mass is 378 g/mol. The van der Waals surface area contributed by atoms with E-state index in [2.05, 4.69) is 63.4 Å². The van der Waals surface area contributed by atoms with Gasteiger partial charge < -0.3 is 16.0 Å². The minimum absolute atomic E-state index is 0.0580. The van der Waals surface area contributed by atoms with E-state index in [1.807, 2.05) is 25.1 Å². The number of guanidine groups is 1. The molecule has 0 heterocycles. The first-order valence-corrected chi connectivity index (χ1v) is 10.1. The van der Waals surface area contributed by atoms with Gasteiger partial charge in [0, 0.05) is 25.0 Å². The van der Waals surface area contributed by atoms with Crippen LogP contribution in [-0.4, -0.2) is 38.0 Å². The number of rotatable bonds is 9. The molecule has 0 aromatic heterocycles. The third-order valence-electron chi connectivity index (χ3n) is 5.14. The maximum atomic E-state index is 12.1. The lowest BCUT2D eigenvalue weighted by Gasteiger charge is -2.19. The van der Waals surface area contributed by atoms with Gasteiger partial charge in [-0.2, -0.15) is 0 Å². The first kappa shape index (κ1) is 19.9. The molecular weight excluding hydrogens is 348 g/mol. The Morgan fingerprint density at radius 1 is 0.964 bits per heavy atom. The molecule has 5 heteroatoms. The van der Waals surface area contributed by atoms with Crippen molar-refractivity contribution in [3.63, 3.8) is 0 Å². The third-order valence-corrected chi connectivity index (χ3v) is 5.14. The van der Waals surface area contributed by atoms with Crippen molar-refractivity contribution in [1.82, 2.24) is 16.0 Å². The number of carbonyl (C=O) groups excluding carboxylic acids is 1. The topological polar surface area (TPSA) is 65.5 Å². The molecule has 0 atom stereocenters. The van der Waals surface area contributed by atoms with Crippen molar-refractivity contribution < 1.29 is 4.79 Å². The summed E-state index contributed by atoms with van der Waals surface area (Å²) in [4.78, 5) is 16.5. The molecule has 1 aliphatic rings. The molecule has 1 fully saturated rings. The van der Waals surface area contributed by atoms with Crippen molar-refractivity contribution in [3.8, 4) is 0 Å². The van der Waals surface area contributed by atoms with E-state index in [-0.39, 0.29) is 17.9 Å². The van der Waals surface area contributed by atoms with E-state index in [0.717, 1.165) is 19.5 Å². The molecule has 0 unspecified atom stereocenters. The summed E-state index contributed by atoms with van der Waals surface area (Å²) in [5, 5.41) is 9.59. The lowest BCUT2D eigenvalue weighted by Crippen LogP contribution is -2.42. The Morgan fingerprint density at radius 2 is 1.64 bits per heavy atom. The van der Waals surface area contributed by atoms with Crippen LogP contribution in [0.25, 0.3) is 0 Å². The summed E-state index contributed by atoms with van der Waals surface area (Å²) in [5.74, 6) is 0.639. The zero-order chi connectivity index (χ0) is 19.7. The molecule has 3 rings (SSSR count). The van der Waals surface area contributed by atoms with E-state index in [4.69, 9.17) is 0 Å². The predicted molar refractivity (Wildman–Crippen MR) is 114 cm³/mol. The van der Waals surface area contributed by atoms with Gasteiger partial charge in [0.1, 0.15) is 6.54 Å². The molecule has 1 saturated carbocycles. The van der Waals surface area contributed by atoms with Gasteiger partial charge in [-0.15, -0.1) is 0 Å². The van der Waals surface area contributed by atoms with Gasteiger partial charge in [0.2, 0.25) is 5.91 Å². The number of aliphatic imine (C=N–C) groups is 1. The Kier molecular flexibility index (Phi) is 7.06. The number of nitrogens with one attached hydrogen (secondary N) is 3. The second kappa shape index (κ2) is 9.93. The van der Waals surface area contributed by atoms with Crippen LogP contribution in [0.15, 0.2) is 65.7 Å². The fraction of sp³-hybridized carbons (Fsp3) is 0.391. The molecule has 0 saturated heterocycles. The van der Waals surface area contributed by atoms with Crippen molar-refractivity contribution in [2.45, 2.75) is 31.6 Å². The molecule has 0 aliphatic heterocycles. The van der Waals surface area contributed by atoms with E-state index in [9.17, 15) is 4.79 Å². The van der Waals surface area contributed by atoms with Gasteiger partial charge >= 0.3 is 0 Å². The first-order chi connectivity index (χ1) is 13.7. The highest BCUT2D eigenvalue weighted by atomic mass is 16.1. The molecule has 1 amide bonds. The van der Waals surface area contributed by atoms with Gasteiger partial charge in [-0.1, -0.05) is 60.7 Å². The van der Waals surface area contributed by atoms with Gasteiger partial charge in [0.15, 0.2) is 5.96 Å². The van der Waals surface area contributed by atoms with Crippen LogP contribution >= 0.6 is 0 Å². The molecule has 0 bridgehead atoms. The van der Waals surface area contributed by atoms with E-state index in [1.165, 1.54) is 24.0 Å². The minimum atomic E-state index is -0.0580. The third kappa shape index (κ3) is 5.84. The van der Waals surface area contributed by atoms with Crippen LogP contribution in [0, 0.1) is 0 Å². The van der Waals surface area contributed by atoms with Gasteiger partial charge in [0.05, 0.1) is 0 Å². The summed E-state index contributed by atoms with van der Waals surface area (Å²) < 4.78 is 0. The maximum Gasteiger partial charge on any atom is 0.241 e. The highest BCUT2D eigenvalue weighted by Gasteiger charge is 2.43. The van der Waals surface area contributed by atoms with Crippen LogP contribution in [0.5, 0.6) is 0 Å². The Balaban J connectivity index is 1.45. The summed E-state index contributed by atoms with van der Waals surface area (Å²) in [7, 11) is 0. The molecule has 28 heavy (non-hydrogen) atoms. The Hall–Kier alpha value is -2.82. The minimum Gasteiger partial charge on any atom is -0.357 e. The highest BCUT2D eigenvalue weighted by molar-refractivity contribution is 5.85. The molecule has 2 aromatic rings.